The summed E-state index contributed by atoms with van der Waals surface area (Å²) in [6.07, 6.45) is 3.09. The van der Waals surface area contributed by atoms with Crippen LogP contribution in [0.3, 0.4) is 0 Å². The van der Waals surface area contributed by atoms with Gasteiger partial charge in [0.25, 0.3) is 5.56 Å². The van der Waals surface area contributed by atoms with Crippen molar-refractivity contribution in [1.29, 1.82) is 0 Å². The minimum Gasteiger partial charge on any atom is -0.463 e. The van der Waals surface area contributed by atoms with Gasteiger partial charge in [-0.1, -0.05) is 24.3 Å². The molecule has 3 rings (SSSR count). The fourth-order valence-corrected chi connectivity index (χ4v) is 1.70. The van der Waals surface area contributed by atoms with Crippen molar-refractivity contribution >= 4 is 21.7 Å². The van der Waals surface area contributed by atoms with Crippen LogP contribution >= 0.6 is 0 Å². The van der Waals surface area contributed by atoms with Crippen LogP contribution in [0.2, 0.25) is 0 Å². The van der Waals surface area contributed by atoms with Crippen molar-refractivity contribution in [3.8, 4) is 0 Å². The van der Waals surface area contributed by atoms with Crippen molar-refractivity contribution in [3.63, 3.8) is 0 Å². The van der Waals surface area contributed by atoms with Gasteiger partial charge in [0, 0.05) is 17.0 Å². The lowest BCUT2D eigenvalue weighted by atomic mass is 10.2. The molecule has 0 aliphatic rings. The molecule has 0 atom stereocenters. The van der Waals surface area contributed by atoms with Crippen LogP contribution in [0, 0.1) is 0 Å². The molecule has 0 bridgehead atoms. The predicted molar refractivity (Wildman–Crippen MR) is 57.8 cm³/mol. The van der Waals surface area contributed by atoms with Crippen molar-refractivity contribution in [1.82, 2.24) is 4.98 Å². The van der Waals surface area contributed by atoms with Gasteiger partial charge >= 0.3 is 0 Å². The van der Waals surface area contributed by atoms with Crippen molar-refractivity contribution in [2.75, 3.05) is 0 Å². The summed E-state index contributed by atoms with van der Waals surface area (Å²) < 4.78 is 5.33. The number of aromatic nitrogens is 1. The first-order chi connectivity index (χ1) is 7.36. The van der Waals surface area contributed by atoms with E-state index in [1.165, 1.54) is 6.26 Å². The Morgan fingerprint density at radius 1 is 1.07 bits per heavy atom. The highest BCUT2D eigenvalue weighted by molar-refractivity contribution is 6.01. The molecule has 0 amide bonds. The van der Waals surface area contributed by atoms with Crippen LogP contribution in [0.25, 0.3) is 21.7 Å². The second-order valence-corrected chi connectivity index (χ2v) is 3.31. The van der Waals surface area contributed by atoms with Gasteiger partial charge in [-0.2, -0.15) is 0 Å². The molecule has 3 aromatic rings. The van der Waals surface area contributed by atoms with E-state index in [1.54, 1.807) is 12.3 Å². The average Bonchev–Trinajstić information content (AvgIpc) is 2.71. The molecule has 0 unspecified atom stereocenters. The maximum absolute atomic E-state index is 11.6. The molecule has 3 nitrogen and oxygen atoms in total. The van der Waals surface area contributed by atoms with Crippen LogP contribution in [-0.4, -0.2) is 4.98 Å². The molecule has 0 fully saturated rings. The summed E-state index contributed by atoms with van der Waals surface area (Å²) in [5, 5.41) is 2.34. The Labute approximate surface area is 85.0 Å². The van der Waals surface area contributed by atoms with E-state index >= 15 is 0 Å². The number of hydrogen-bond acceptors (Lipinski definition) is 3. The van der Waals surface area contributed by atoms with Crippen molar-refractivity contribution in [3.05, 3.63) is 53.1 Å². The summed E-state index contributed by atoms with van der Waals surface area (Å²) in [4.78, 5) is 15.4. The summed E-state index contributed by atoms with van der Waals surface area (Å²) in [5.41, 5.74) is 0.350. The van der Waals surface area contributed by atoms with E-state index < -0.39 is 0 Å². The summed E-state index contributed by atoms with van der Waals surface area (Å²) in [7, 11) is 0. The highest BCUT2D eigenvalue weighted by Crippen LogP contribution is 2.20. The largest absolute Gasteiger partial charge is 0.463 e. The molecule has 0 saturated heterocycles. The van der Waals surface area contributed by atoms with Crippen LogP contribution in [0.4, 0.5) is 0 Å². The Kier molecular flexibility index (Phi) is 1.59. The minimum atomic E-state index is -0.255. The summed E-state index contributed by atoms with van der Waals surface area (Å²) in [5.74, 6) is 0. The fraction of sp³-hybridized carbons (Fsp3) is 0. The van der Waals surface area contributed by atoms with E-state index in [-0.39, 0.29) is 5.56 Å². The van der Waals surface area contributed by atoms with Crippen molar-refractivity contribution in [2.45, 2.75) is 0 Å². The predicted octanol–water partition coefficient (Wildman–Crippen LogP) is 2.34. The molecule has 0 saturated carbocycles. The highest BCUT2D eigenvalue weighted by atomic mass is 16.3. The Balaban J connectivity index is 2.75. The number of nitrogens with zero attached hydrogens (tertiary/aromatic N) is 1. The first-order valence-corrected chi connectivity index (χ1v) is 4.61. The van der Waals surface area contributed by atoms with Crippen LogP contribution in [0.1, 0.15) is 0 Å². The molecule has 1 aromatic carbocycles. The zero-order chi connectivity index (χ0) is 10.3. The molecule has 0 spiro atoms. The number of fused-ring (bicyclic) bond motifs is 3. The number of hydrogen-bond donors (Lipinski definition) is 0. The standard InChI is InChI=1S/C12H7NO2/c14-12-10-5-6-15-11(10)9-4-2-1-3-8(9)7-13-12/h1-7H. The Morgan fingerprint density at radius 3 is 2.87 bits per heavy atom. The van der Waals surface area contributed by atoms with E-state index in [9.17, 15) is 4.79 Å². The zero-order valence-electron chi connectivity index (χ0n) is 7.81. The topological polar surface area (TPSA) is 43.1 Å². The van der Waals surface area contributed by atoms with Gasteiger partial charge in [0.15, 0.2) is 0 Å². The fourth-order valence-electron chi connectivity index (χ4n) is 1.70. The first-order valence-electron chi connectivity index (χ1n) is 4.61. The van der Waals surface area contributed by atoms with Gasteiger partial charge in [-0.3, -0.25) is 4.79 Å². The van der Waals surface area contributed by atoms with Crippen LogP contribution in [-0.2, 0) is 0 Å². The molecular weight excluding hydrogens is 190 g/mol. The van der Waals surface area contributed by atoms with E-state index in [0.717, 1.165) is 10.8 Å². The Hall–Kier alpha value is -2.16. The highest BCUT2D eigenvalue weighted by Gasteiger charge is 2.04. The van der Waals surface area contributed by atoms with Gasteiger partial charge < -0.3 is 4.42 Å². The number of furan rings is 1. The Morgan fingerprint density at radius 2 is 1.93 bits per heavy atom. The number of benzene rings is 1. The number of rotatable bonds is 0. The van der Waals surface area contributed by atoms with Crippen molar-refractivity contribution < 1.29 is 4.42 Å². The summed E-state index contributed by atoms with van der Waals surface area (Å²) in [6, 6.07) is 9.29. The average molecular weight is 197 g/mol. The molecule has 0 N–H and O–H groups in total. The SMILES string of the molecule is O=c1ncc2ccccc2c2occc12. The summed E-state index contributed by atoms with van der Waals surface area (Å²) in [6.45, 7) is 0. The second kappa shape index (κ2) is 2.92. The third-order valence-corrected chi connectivity index (χ3v) is 2.42. The molecule has 2 heterocycles. The van der Waals surface area contributed by atoms with E-state index in [0.29, 0.717) is 11.0 Å². The van der Waals surface area contributed by atoms with Crippen LogP contribution < -0.4 is 5.56 Å². The lowest BCUT2D eigenvalue weighted by molar-refractivity contribution is 0.619. The molecule has 15 heavy (non-hydrogen) atoms. The monoisotopic (exact) mass is 197 g/mol. The van der Waals surface area contributed by atoms with E-state index in [2.05, 4.69) is 4.98 Å². The lowest BCUT2D eigenvalue weighted by Gasteiger charge is -1.89. The third-order valence-electron chi connectivity index (χ3n) is 2.42. The van der Waals surface area contributed by atoms with E-state index in [4.69, 9.17) is 4.42 Å². The van der Waals surface area contributed by atoms with E-state index in [1.807, 2.05) is 24.3 Å². The normalized spacial score (nSPS) is 10.9. The maximum Gasteiger partial charge on any atom is 0.280 e. The molecule has 0 aliphatic heterocycles. The molecule has 0 aliphatic carbocycles. The van der Waals surface area contributed by atoms with Gasteiger partial charge in [0.2, 0.25) is 0 Å². The van der Waals surface area contributed by atoms with Gasteiger partial charge in [0.05, 0.1) is 11.6 Å². The zero-order valence-corrected chi connectivity index (χ0v) is 7.81. The molecule has 2 aromatic heterocycles. The van der Waals surface area contributed by atoms with Crippen LogP contribution in [0.5, 0.6) is 0 Å². The first kappa shape index (κ1) is 8.17. The summed E-state index contributed by atoms with van der Waals surface area (Å²) >= 11 is 0. The molecule has 0 radical (unpaired) electrons. The minimum absolute atomic E-state index is 0.255. The molecule has 3 heteroatoms. The molecule has 72 valence electrons. The molecular formula is C12H7NO2. The maximum atomic E-state index is 11.6. The quantitative estimate of drug-likeness (QED) is 0.555. The van der Waals surface area contributed by atoms with Crippen LogP contribution in [0.15, 0.2) is 52.0 Å². The van der Waals surface area contributed by atoms with Gasteiger partial charge in [0.1, 0.15) is 5.58 Å². The van der Waals surface area contributed by atoms with Crippen molar-refractivity contribution in [2.24, 2.45) is 0 Å². The second-order valence-electron chi connectivity index (χ2n) is 3.31. The smallest absolute Gasteiger partial charge is 0.280 e. The third kappa shape index (κ3) is 1.13. The Bertz CT molecular complexity index is 700. The lowest BCUT2D eigenvalue weighted by Crippen LogP contribution is -1.98. The van der Waals surface area contributed by atoms with Gasteiger partial charge in [-0.25, -0.2) is 4.98 Å². The van der Waals surface area contributed by atoms with Gasteiger partial charge in [-0.05, 0) is 6.07 Å². The van der Waals surface area contributed by atoms with Gasteiger partial charge in [-0.15, -0.1) is 0 Å².